The molecule has 5 heteroatoms. The molecule has 4 nitrogen and oxygen atoms in total. The molecule has 1 aromatic rings. The number of rotatable bonds is 5. The standard InChI is InChI=1S/C19H26N2O2S/c1-10-7-11(2)16-14(8-10)15(18(23)20-9-12-3-4-12)19(24-16)21-17(22)13-5-6-13/h10-13H,3-9H2,1-2H3,(H,20,23)(H,21,22). The van der Waals surface area contributed by atoms with E-state index >= 15 is 0 Å². The van der Waals surface area contributed by atoms with Gasteiger partial charge in [0.05, 0.1) is 5.56 Å². The van der Waals surface area contributed by atoms with Gasteiger partial charge >= 0.3 is 0 Å². The topological polar surface area (TPSA) is 58.2 Å². The van der Waals surface area contributed by atoms with Crippen molar-refractivity contribution in [1.29, 1.82) is 0 Å². The van der Waals surface area contributed by atoms with E-state index in [9.17, 15) is 9.59 Å². The maximum absolute atomic E-state index is 12.9. The van der Waals surface area contributed by atoms with Crippen LogP contribution in [0, 0.1) is 17.8 Å². The molecule has 2 saturated carbocycles. The van der Waals surface area contributed by atoms with Gasteiger partial charge in [0.25, 0.3) is 5.91 Å². The van der Waals surface area contributed by atoms with E-state index in [4.69, 9.17) is 0 Å². The SMILES string of the molecule is CC1Cc2c(sc(NC(=O)C3CC3)c2C(=O)NCC2CC2)C(C)C1. The van der Waals surface area contributed by atoms with Gasteiger partial charge in [-0.15, -0.1) is 11.3 Å². The van der Waals surface area contributed by atoms with Crippen LogP contribution < -0.4 is 10.6 Å². The highest BCUT2D eigenvalue weighted by Crippen LogP contribution is 2.45. The number of amides is 2. The fourth-order valence-corrected chi connectivity index (χ4v) is 5.06. The highest BCUT2D eigenvalue weighted by molar-refractivity contribution is 7.17. The van der Waals surface area contributed by atoms with Gasteiger partial charge in [0.1, 0.15) is 5.00 Å². The van der Waals surface area contributed by atoms with Crippen LogP contribution in [0.4, 0.5) is 5.00 Å². The maximum Gasteiger partial charge on any atom is 0.254 e. The van der Waals surface area contributed by atoms with E-state index in [2.05, 4.69) is 24.5 Å². The van der Waals surface area contributed by atoms with Crippen LogP contribution in [0.2, 0.25) is 0 Å². The number of hydrogen-bond donors (Lipinski definition) is 2. The number of anilines is 1. The van der Waals surface area contributed by atoms with Gasteiger partial charge < -0.3 is 10.6 Å². The van der Waals surface area contributed by atoms with Gasteiger partial charge in [0.15, 0.2) is 0 Å². The highest BCUT2D eigenvalue weighted by atomic mass is 32.1. The molecule has 130 valence electrons. The van der Waals surface area contributed by atoms with Crippen molar-refractivity contribution in [3.05, 3.63) is 16.0 Å². The van der Waals surface area contributed by atoms with Crippen LogP contribution in [0.1, 0.15) is 72.7 Å². The molecular weight excluding hydrogens is 320 g/mol. The molecular formula is C19H26N2O2S. The van der Waals surface area contributed by atoms with Gasteiger partial charge in [-0.3, -0.25) is 9.59 Å². The second kappa shape index (κ2) is 6.17. The third kappa shape index (κ3) is 3.23. The molecule has 2 N–H and O–H groups in total. The van der Waals surface area contributed by atoms with Crippen LogP contribution in [-0.2, 0) is 11.2 Å². The third-order valence-corrected chi connectivity index (χ3v) is 6.83. The molecule has 3 aliphatic carbocycles. The lowest BCUT2D eigenvalue weighted by Crippen LogP contribution is -2.28. The lowest BCUT2D eigenvalue weighted by atomic mass is 9.82. The Labute approximate surface area is 147 Å². The van der Waals surface area contributed by atoms with Crippen molar-refractivity contribution in [2.45, 2.75) is 58.3 Å². The van der Waals surface area contributed by atoms with E-state index in [0.717, 1.165) is 42.8 Å². The number of nitrogens with one attached hydrogen (secondary N) is 2. The minimum atomic E-state index is 0.00629. The Balaban J connectivity index is 1.63. The molecule has 0 radical (unpaired) electrons. The first-order valence-electron chi connectivity index (χ1n) is 9.27. The van der Waals surface area contributed by atoms with Crippen molar-refractivity contribution in [2.24, 2.45) is 17.8 Å². The molecule has 0 aromatic carbocycles. The molecule has 2 fully saturated rings. The minimum absolute atomic E-state index is 0.00629. The van der Waals surface area contributed by atoms with E-state index in [1.54, 1.807) is 11.3 Å². The molecule has 0 saturated heterocycles. The number of thiophene rings is 1. The van der Waals surface area contributed by atoms with Crippen LogP contribution in [0.3, 0.4) is 0 Å². The maximum atomic E-state index is 12.9. The van der Waals surface area contributed by atoms with E-state index in [1.807, 2.05) is 0 Å². The van der Waals surface area contributed by atoms with E-state index < -0.39 is 0 Å². The molecule has 0 spiro atoms. The molecule has 3 aliphatic rings. The monoisotopic (exact) mass is 346 g/mol. The average Bonchev–Trinajstić information content (AvgIpc) is 3.42. The van der Waals surface area contributed by atoms with Gasteiger partial charge in [0, 0.05) is 17.3 Å². The zero-order chi connectivity index (χ0) is 16.8. The minimum Gasteiger partial charge on any atom is -0.352 e. The van der Waals surface area contributed by atoms with Gasteiger partial charge in [-0.25, -0.2) is 0 Å². The first-order chi connectivity index (χ1) is 11.5. The quantitative estimate of drug-likeness (QED) is 0.849. The van der Waals surface area contributed by atoms with Crippen LogP contribution in [-0.4, -0.2) is 18.4 Å². The van der Waals surface area contributed by atoms with Crippen molar-refractivity contribution < 1.29 is 9.59 Å². The molecule has 1 heterocycles. The van der Waals surface area contributed by atoms with Crippen molar-refractivity contribution in [2.75, 3.05) is 11.9 Å². The van der Waals surface area contributed by atoms with Crippen molar-refractivity contribution in [1.82, 2.24) is 5.32 Å². The predicted octanol–water partition coefficient (Wildman–Crippen LogP) is 3.92. The zero-order valence-electron chi connectivity index (χ0n) is 14.5. The summed E-state index contributed by atoms with van der Waals surface area (Å²) in [7, 11) is 0. The van der Waals surface area contributed by atoms with Gasteiger partial charge in [0.2, 0.25) is 5.91 Å². The van der Waals surface area contributed by atoms with E-state index in [1.165, 1.54) is 23.3 Å². The summed E-state index contributed by atoms with van der Waals surface area (Å²) in [6, 6.07) is 0. The summed E-state index contributed by atoms with van der Waals surface area (Å²) in [5.74, 6) is 1.96. The molecule has 1 aromatic heterocycles. The smallest absolute Gasteiger partial charge is 0.254 e. The van der Waals surface area contributed by atoms with Crippen LogP contribution >= 0.6 is 11.3 Å². The summed E-state index contributed by atoms with van der Waals surface area (Å²) in [6.07, 6.45) is 6.51. The predicted molar refractivity (Wildman–Crippen MR) is 96.6 cm³/mol. The normalized spacial score (nSPS) is 25.9. The number of hydrogen-bond acceptors (Lipinski definition) is 3. The average molecular weight is 346 g/mol. The van der Waals surface area contributed by atoms with E-state index in [-0.39, 0.29) is 17.7 Å². The molecule has 4 rings (SSSR count). The van der Waals surface area contributed by atoms with Crippen LogP contribution in [0.15, 0.2) is 0 Å². The largest absolute Gasteiger partial charge is 0.352 e. The third-order valence-electron chi connectivity index (χ3n) is 5.45. The molecule has 0 aliphatic heterocycles. The Hall–Kier alpha value is -1.36. The lowest BCUT2D eigenvalue weighted by molar-refractivity contribution is -0.117. The molecule has 24 heavy (non-hydrogen) atoms. The first kappa shape index (κ1) is 16.1. The summed E-state index contributed by atoms with van der Waals surface area (Å²) in [5, 5.41) is 6.95. The Kier molecular flexibility index (Phi) is 4.15. The van der Waals surface area contributed by atoms with E-state index in [0.29, 0.717) is 17.8 Å². The Morgan fingerprint density at radius 2 is 1.92 bits per heavy atom. The highest BCUT2D eigenvalue weighted by Gasteiger charge is 2.35. The Bertz CT molecular complexity index is 673. The number of fused-ring (bicyclic) bond motifs is 1. The molecule has 2 amide bonds. The Morgan fingerprint density at radius 3 is 2.58 bits per heavy atom. The van der Waals surface area contributed by atoms with Crippen LogP contribution in [0.5, 0.6) is 0 Å². The van der Waals surface area contributed by atoms with Crippen LogP contribution in [0.25, 0.3) is 0 Å². The van der Waals surface area contributed by atoms with Crippen molar-refractivity contribution in [3.63, 3.8) is 0 Å². The summed E-state index contributed by atoms with van der Waals surface area (Å²) in [4.78, 5) is 26.4. The fourth-order valence-electron chi connectivity index (χ4n) is 3.76. The van der Waals surface area contributed by atoms with Crippen molar-refractivity contribution >= 4 is 28.2 Å². The zero-order valence-corrected chi connectivity index (χ0v) is 15.3. The van der Waals surface area contributed by atoms with Crippen molar-refractivity contribution in [3.8, 4) is 0 Å². The fraction of sp³-hybridized carbons (Fsp3) is 0.684. The molecule has 0 bridgehead atoms. The van der Waals surface area contributed by atoms with Gasteiger partial charge in [-0.2, -0.15) is 0 Å². The summed E-state index contributed by atoms with van der Waals surface area (Å²) >= 11 is 1.63. The van der Waals surface area contributed by atoms with Gasteiger partial charge in [-0.1, -0.05) is 13.8 Å². The van der Waals surface area contributed by atoms with Gasteiger partial charge in [-0.05, 0) is 61.8 Å². The Morgan fingerprint density at radius 1 is 1.17 bits per heavy atom. The lowest BCUT2D eigenvalue weighted by Gasteiger charge is -2.24. The molecule has 2 atom stereocenters. The second-order valence-electron chi connectivity index (χ2n) is 8.01. The number of carbonyl (C=O) groups excluding carboxylic acids is 2. The summed E-state index contributed by atoms with van der Waals surface area (Å²) in [6.45, 7) is 5.26. The first-order valence-corrected chi connectivity index (χ1v) is 10.1. The summed E-state index contributed by atoms with van der Waals surface area (Å²) in [5.41, 5.74) is 1.94. The molecule has 2 unspecified atom stereocenters. The second-order valence-corrected chi connectivity index (χ2v) is 9.06. The summed E-state index contributed by atoms with van der Waals surface area (Å²) < 4.78 is 0. The number of carbonyl (C=O) groups is 2.